The number of likely N-dealkylation sites (N-methyl/N-ethyl adjacent to an activating group) is 1. The van der Waals surface area contributed by atoms with E-state index in [4.69, 9.17) is 11.6 Å². The number of amides is 2. The van der Waals surface area contributed by atoms with E-state index in [0.717, 1.165) is 17.9 Å². The van der Waals surface area contributed by atoms with Gasteiger partial charge in [-0.3, -0.25) is 9.59 Å². The average Bonchev–Trinajstić information content (AvgIpc) is 3.18. The summed E-state index contributed by atoms with van der Waals surface area (Å²) >= 11 is 6.34. The quantitative estimate of drug-likeness (QED) is 0.560. The molecule has 0 spiro atoms. The third kappa shape index (κ3) is 3.55. The maximum absolute atomic E-state index is 13.4. The van der Waals surface area contributed by atoms with Crippen LogP contribution in [0, 0.1) is 28.6 Å². The highest BCUT2D eigenvalue weighted by Crippen LogP contribution is 2.64. The second-order valence-corrected chi connectivity index (χ2v) is 12.0. The van der Waals surface area contributed by atoms with Gasteiger partial charge in [0.2, 0.25) is 0 Å². The molecule has 7 atom stereocenters. The minimum atomic E-state index is -0.289. The zero-order valence-electron chi connectivity index (χ0n) is 20.4. The van der Waals surface area contributed by atoms with E-state index in [9.17, 15) is 9.59 Å². The average molecular weight is 469 g/mol. The Hall–Kier alpha value is -1.81. The molecule has 3 saturated carbocycles. The summed E-state index contributed by atoms with van der Waals surface area (Å²) in [5.74, 6) is 1.59. The maximum atomic E-state index is 13.4. The third-order valence-electron chi connectivity index (χ3n) is 9.95. The molecular weight excluding hydrogens is 432 g/mol. The third-order valence-corrected chi connectivity index (χ3v) is 10.3. The van der Waals surface area contributed by atoms with Crippen LogP contribution in [0.15, 0.2) is 35.9 Å². The highest BCUT2D eigenvalue weighted by atomic mass is 35.5. The zero-order chi connectivity index (χ0) is 23.5. The standard InChI is InChI=1S/C28H37ClN2O2/c1-17(18-8-5-6-10-23(18)29)30-25(32)20-16-28(3)22-13-15-27(2)14-7-9-21(27)19(22)11-12-24(28)31(4)26(20)33/h5-6,8,10,16-17,19,21-22,24H,7,9,11-15H2,1-4H3,(H,30,32)/t17?,19-,21-,22+,24?,27-,28+/m0/s1. The molecule has 2 amide bonds. The molecule has 5 heteroatoms. The Kier molecular flexibility index (Phi) is 5.67. The Morgan fingerprint density at radius 3 is 2.64 bits per heavy atom. The minimum absolute atomic E-state index is 0.152. The molecule has 1 aromatic rings. The Bertz CT molecular complexity index is 1010. The summed E-state index contributed by atoms with van der Waals surface area (Å²) in [7, 11) is 1.89. The van der Waals surface area contributed by atoms with E-state index in [2.05, 4.69) is 25.2 Å². The number of benzene rings is 1. The van der Waals surface area contributed by atoms with Gasteiger partial charge >= 0.3 is 0 Å². The molecule has 1 N–H and O–H groups in total. The minimum Gasteiger partial charge on any atom is -0.345 e. The number of hydrogen-bond donors (Lipinski definition) is 1. The number of nitrogens with zero attached hydrogens (tertiary/aromatic N) is 1. The normalized spacial score (nSPS) is 38.6. The smallest absolute Gasteiger partial charge is 0.259 e. The summed E-state index contributed by atoms with van der Waals surface area (Å²) in [4.78, 5) is 28.6. The van der Waals surface area contributed by atoms with Crippen molar-refractivity contribution in [3.8, 4) is 0 Å². The van der Waals surface area contributed by atoms with Gasteiger partial charge in [0.1, 0.15) is 5.57 Å². The van der Waals surface area contributed by atoms with Crippen LogP contribution in [0.3, 0.4) is 0 Å². The van der Waals surface area contributed by atoms with Crippen molar-refractivity contribution in [2.45, 2.75) is 77.8 Å². The van der Waals surface area contributed by atoms with Gasteiger partial charge < -0.3 is 10.2 Å². The number of hydrogen-bond acceptors (Lipinski definition) is 2. The van der Waals surface area contributed by atoms with Gasteiger partial charge in [0, 0.05) is 23.5 Å². The zero-order valence-corrected chi connectivity index (χ0v) is 21.1. The summed E-state index contributed by atoms with van der Waals surface area (Å²) in [5, 5.41) is 3.67. The summed E-state index contributed by atoms with van der Waals surface area (Å²) < 4.78 is 0. The fraction of sp³-hybridized carbons (Fsp3) is 0.643. The number of carbonyl (C=O) groups excluding carboxylic acids is 2. The van der Waals surface area contributed by atoms with Crippen LogP contribution in [0.4, 0.5) is 0 Å². The van der Waals surface area contributed by atoms with Crippen LogP contribution < -0.4 is 5.32 Å². The molecule has 4 nitrogen and oxygen atoms in total. The summed E-state index contributed by atoms with van der Waals surface area (Å²) in [6, 6.07) is 7.43. The first-order chi connectivity index (χ1) is 15.7. The molecule has 2 unspecified atom stereocenters. The van der Waals surface area contributed by atoms with Crippen LogP contribution >= 0.6 is 11.6 Å². The molecule has 33 heavy (non-hydrogen) atoms. The first-order valence-corrected chi connectivity index (χ1v) is 13.1. The van der Waals surface area contributed by atoms with Gasteiger partial charge in [0.15, 0.2) is 0 Å². The molecule has 5 rings (SSSR count). The molecule has 0 radical (unpaired) electrons. The molecule has 1 aromatic carbocycles. The molecule has 3 fully saturated rings. The van der Waals surface area contributed by atoms with Gasteiger partial charge in [-0.1, -0.05) is 56.1 Å². The van der Waals surface area contributed by atoms with Crippen molar-refractivity contribution in [2.24, 2.45) is 28.6 Å². The van der Waals surface area contributed by atoms with E-state index < -0.39 is 0 Å². The predicted octanol–water partition coefficient (Wildman–Crippen LogP) is 5.92. The molecule has 0 aromatic heterocycles. The Morgan fingerprint density at radius 1 is 1.12 bits per heavy atom. The van der Waals surface area contributed by atoms with Gasteiger partial charge in [0.25, 0.3) is 11.8 Å². The molecule has 0 bridgehead atoms. The van der Waals surface area contributed by atoms with Crippen LogP contribution in [0.25, 0.3) is 0 Å². The van der Waals surface area contributed by atoms with Crippen LogP contribution in [-0.2, 0) is 9.59 Å². The Labute approximate surface area is 203 Å². The van der Waals surface area contributed by atoms with E-state index in [1.165, 1.54) is 38.5 Å². The first-order valence-electron chi connectivity index (χ1n) is 12.7. The van der Waals surface area contributed by atoms with Crippen LogP contribution in [0.1, 0.15) is 77.3 Å². The van der Waals surface area contributed by atoms with Crippen LogP contribution in [0.2, 0.25) is 5.02 Å². The van der Waals surface area contributed by atoms with Gasteiger partial charge in [-0.2, -0.15) is 0 Å². The van der Waals surface area contributed by atoms with E-state index in [-0.39, 0.29) is 29.3 Å². The van der Waals surface area contributed by atoms with Crippen molar-refractivity contribution in [3.05, 3.63) is 46.5 Å². The maximum Gasteiger partial charge on any atom is 0.259 e. The van der Waals surface area contributed by atoms with Crippen molar-refractivity contribution in [1.29, 1.82) is 0 Å². The van der Waals surface area contributed by atoms with Crippen molar-refractivity contribution < 1.29 is 9.59 Å². The molecule has 178 valence electrons. The number of nitrogens with one attached hydrogen (secondary N) is 1. The van der Waals surface area contributed by atoms with Crippen LogP contribution in [0.5, 0.6) is 0 Å². The number of fused-ring (bicyclic) bond motifs is 5. The van der Waals surface area contributed by atoms with Gasteiger partial charge in [0.05, 0.1) is 6.04 Å². The second-order valence-electron chi connectivity index (χ2n) is 11.6. The lowest BCUT2D eigenvalue weighted by atomic mass is 9.48. The number of rotatable bonds is 3. The van der Waals surface area contributed by atoms with E-state index in [0.29, 0.717) is 27.8 Å². The monoisotopic (exact) mass is 468 g/mol. The van der Waals surface area contributed by atoms with E-state index >= 15 is 0 Å². The fourth-order valence-electron chi connectivity index (χ4n) is 8.22. The van der Waals surface area contributed by atoms with Crippen molar-refractivity contribution in [1.82, 2.24) is 10.2 Å². The van der Waals surface area contributed by atoms with Gasteiger partial charge in [-0.25, -0.2) is 0 Å². The number of halogens is 1. The lowest BCUT2D eigenvalue weighted by Gasteiger charge is -2.60. The van der Waals surface area contributed by atoms with Gasteiger partial charge in [-0.05, 0) is 80.2 Å². The Balaban J connectivity index is 1.45. The highest BCUT2D eigenvalue weighted by molar-refractivity contribution is 6.31. The number of carbonyl (C=O) groups is 2. The topological polar surface area (TPSA) is 49.4 Å². The first kappa shape index (κ1) is 23.0. The fourth-order valence-corrected chi connectivity index (χ4v) is 8.52. The molecule has 1 heterocycles. The largest absolute Gasteiger partial charge is 0.345 e. The van der Waals surface area contributed by atoms with E-state index in [1.54, 1.807) is 0 Å². The second kappa shape index (κ2) is 8.15. The predicted molar refractivity (Wildman–Crippen MR) is 132 cm³/mol. The summed E-state index contributed by atoms with van der Waals surface area (Å²) in [6.07, 6.45) is 10.9. The summed E-state index contributed by atoms with van der Waals surface area (Å²) in [5.41, 5.74) is 1.50. The summed E-state index contributed by atoms with van der Waals surface area (Å²) in [6.45, 7) is 6.75. The molecular formula is C28H37ClN2O2. The molecule has 3 aliphatic carbocycles. The lowest BCUT2D eigenvalue weighted by molar-refractivity contribution is -0.141. The highest BCUT2D eigenvalue weighted by Gasteiger charge is 2.59. The molecule has 4 aliphatic rings. The van der Waals surface area contributed by atoms with Crippen molar-refractivity contribution >= 4 is 23.4 Å². The lowest BCUT2D eigenvalue weighted by Crippen LogP contribution is -2.61. The molecule has 1 aliphatic heterocycles. The van der Waals surface area contributed by atoms with Crippen molar-refractivity contribution in [2.75, 3.05) is 7.05 Å². The van der Waals surface area contributed by atoms with Gasteiger partial charge in [-0.15, -0.1) is 0 Å². The molecule has 0 saturated heterocycles. The SMILES string of the molecule is CC(NC(=O)C1=C[C@@]2(C)C(CC[C@@H]3[C@H]2CC[C@]2(C)CCC[C@@H]32)N(C)C1=O)c1ccccc1Cl. The van der Waals surface area contributed by atoms with Crippen molar-refractivity contribution in [3.63, 3.8) is 0 Å². The Morgan fingerprint density at radius 2 is 1.88 bits per heavy atom. The van der Waals surface area contributed by atoms with E-state index in [1.807, 2.05) is 43.1 Å². The van der Waals surface area contributed by atoms with Crippen LogP contribution in [-0.4, -0.2) is 29.8 Å².